The highest BCUT2D eigenvalue weighted by molar-refractivity contribution is 9.10. The van der Waals surface area contributed by atoms with E-state index >= 15 is 0 Å². The number of likely N-dealkylation sites (N-methyl/N-ethyl adjacent to an activating group) is 1. The highest BCUT2D eigenvalue weighted by Crippen LogP contribution is 2.18. The summed E-state index contributed by atoms with van der Waals surface area (Å²) < 4.78 is 0.749. The van der Waals surface area contributed by atoms with Gasteiger partial charge in [0.05, 0.1) is 4.47 Å². The maximum absolute atomic E-state index is 12.0. The molecule has 1 atom stereocenters. The third kappa shape index (κ3) is 3.66. The van der Waals surface area contributed by atoms with Crippen LogP contribution in [0.5, 0.6) is 0 Å². The maximum atomic E-state index is 12.0. The van der Waals surface area contributed by atoms with Crippen LogP contribution in [-0.2, 0) is 4.79 Å². The van der Waals surface area contributed by atoms with Gasteiger partial charge in [-0.3, -0.25) is 4.79 Å². The van der Waals surface area contributed by atoms with Gasteiger partial charge in [0.25, 0.3) is 0 Å². The molecule has 1 N–H and O–H groups in total. The van der Waals surface area contributed by atoms with Gasteiger partial charge in [-0.2, -0.15) is 0 Å². The fraction of sp³-hybridized carbons (Fsp3) is 0.545. The molecule has 0 saturated carbocycles. The van der Waals surface area contributed by atoms with E-state index in [1.807, 2.05) is 20.8 Å². The van der Waals surface area contributed by atoms with Gasteiger partial charge in [-0.05, 0) is 36.7 Å². The lowest BCUT2D eigenvalue weighted by Crippen LogP contribution is -2.41. The molecule has 0 fully saturated rings. The van der Waals surface area contributed by atoms with Gasteiger partial charge in [0.2, 0.25) is 5.91 Å². The predicted octanol–water partition coefficient (Wildman–Crippen LogP) is 1.91. The van der Waals surface area contributed by atoms with Gasteiger partial charge in [-0.1, -0.05) is 0 Å². The van der Waals surface area contributed by atoms with E-state index in [1.165, 1.54) is 6.33 Å². The van der Waals surface area contributed by atoms with E-state index in [1.54, 1.807) is 11.1 Å². The van der Waals surface area contributed by atoms with Crippen LogP contribution in [0.4, 0.5) is 5.82 Å². The van der Waals surface area contributed by atoms with E-state index in [0.29, 0.717) is 18.9 Å². The van der Waals surface area contributed by atoms with Crippen LogP contribution in [0, 0.1) is 0 Å². The molecule has 1 aromatic rings. The molecule has 5 nitrogen and oxygen atoms in total. The zero-order valence-corrected chi connectivity index (χ0v) is 11.9. The topological polar surface area (TPSA) is 58.1 Å². The van der Waals surface area contributed by atoms with E-state index in [0.717, 1.165) is 4.47 Å². The molecule has 0 spiro atoms. The average molecular weight is 301 g/mol. The molecule has 1 amide bonds. The first-order valence-electron chi connectivity index (χ1n) is 5.60. The van der Waals surface area contributed by atoms with Crippen molar-refractivity contribution < 1.29 is 4.79 Å². The van der Waals surface area contributed by atoms with Crippen molar-refractivity contribution in [2.45, 2.75) is 26.8 Å². The first-order valence-corrected chi connectivity index (χ1v) is 6.40. The molecule has 1 heterocycles. The van der Waals surface area contributed by atoms with Crippen LogP contribution in [0.2, 0.25) is 0 Å². The van der Waals surface area contributed by atoms with Crippen molar-refractivity contribution in [3.63, 3.8) is 0 Å². The van der Waals surface area contributed by atoms with Gasteiger partial charge in [0.15, 0.2) is 0 Å². The highest BCUT2D eigenvalue weighted by atomic mass is 79.9. The van der Waals surface area contributed by atoms with Crippen molar-refractivity contribution in [3.05, 3.63) is 17.0 Å². The third-order valence-electron chi connectivity index (χ3n) is 2.47. The molecular formula is C11H17BrN4O. The molecular weight excluding hydrogens is 284 g/mol. The molecule has 94 valence electrons. The minimum absolute atomic E-state index is 0.0699. The van der Waals surface area contributed by atoms with E-state index in [-0.39, 0.29) is 11.9 Å². The Balaban J connectivity index is 2.69. The summed E-state index contributed by atoms with van der Waals surface area (Å²) in [5.74, 6) is 0.702. The summed E-state index contributed by atoms with van der Waals surface area (Å²) in [5, 5.41) is 3.07. The monoisotopic (exact) mass is 300 g/mol. The summed E-state index contributed by atoms with van der Waals surface area (Å²) in [7, 11) is 0. The molecule has 0 radical (unpaired) electrons. The second-order valence-corrected chi connectivity index (χ2v) is 4.45. The normalized spacial score (nSPS) is 12.0. The number of carbonyl (C=O) groups is 1. The largest absolute Gasteiger partial charge is 0.358 e. The van der Waals surface area contributed by atoms with Gasteiger partial charge in [-0.15, -0.1) is 0 Å². The molecule has 1 rings (SSSR count). The molecule has 0 aliphatic carbocycles. The van der Waals surface area contributed by atoms with Crippen molar-refractivity contribution in [3.8, 4) is 0 Å². The number of aromatic nitrogens is 2. The minimum Gasteiger partial charge on any atom is -0.358 e. The fourth-order valence-electron chi connectivity index (χ4n) is 1.49. The molecule has 6 heteroatoms. The van der Waals surface area contributed by atoms with Crippen LogP contribution >= 0.6 is 15.9 Å². The first-order chi connectivity index (χ1) is 8.10. The van der Waals surface area contributed by atoms with Crippen LogP contribution < -0.4 is 5.32 Å². The molecule has 0 aliphatic heterocycles. The van der Waals surface area contributed by atoms with E-state index in [2.05, 4.69) is 31.2 Å². The summed E-state index contributed by atoms with van der Waals surface area (Å²) in [4.78, 5) is 21.8. The van der Waals surface area contributed by atoms with Gasteiger partial charge in [-0.25, -0.2) is 9.97 Å². The first kappa shape index (κ1) is 13.9. The molecule has 0 aromatic carbocycles. The van der Waals surface area contributed by atoms with Crippen LogP contribution in [0.15, 0.2) is 17.0 Å². The number of halogens is 1. The molecule has 0 bridgehead atoms. The molecule has 0 saturated heterocycles. The minimum atomic E-state index is -0.305. The van der Waals surface area contributed by atoms with Crippen molar-refractivity contribution in [2.75, 3.05) is 18.4 Å². The Labute approximate surface area is 110 Å². The quantitative estimate of drug-likeness (QED) is 0.902. The van der Waals surface area contributed by atoms with E-state index in [4.69, 9.17) is 0 Å². The van der Waals surface area contributed by atoms with Gasteiger partial charge >= 0.3 is 0 Å². The SMILES string of the molecule is CCN(CC)C(=O)C(C)Nc1ncncc1Br. The summed E-state index contributed by atoms with van der Waals surface area (Å²) in [5.41, 5.74) is 0. The Morgan fingerprint density at radius 1 is 1.53 bits per heavy atom. The van der Waals surface area contributed by atoms with Crippen LogP contribution in [0.3, 0.4) is 0 Å². The average Bonchev–Trinajstić information content (AvgIpc) is 2.33. The second kappa shape index (κ2) is 6.54. The number of rotatable bonds is 5. The van der Waals surface area contributed by atoms with Crippen molar-refractivity contribution in [1.82, 2.24) is 14.9 Å². The maximum Gasteiger partial charge on any atom is 0.244 e. The molecule has 17 heavy (non-hydrogen) atoms. The van der Waals surface area contributed by atoms with Crippen molar-refractivity contribution in [2.24, 2.45) is 0 Å². The predicted molar refractivity (Wildman–Crippen MR) is 70.7 cm³/mol. The fourth-order valence-corrected chi connectivity index (χ4v) is 1.83. The number of nitrogens with one attached hydrogen (secondary N) is 1. The van der Waals surface area contributed by atoms with Crippen LogP contribution in [-0.4, -0.2) is 39.9 Å². The zero-order valence-electron chi connectivity index (χ0n) is 10.3. The number of amides is 1. The highest BCUT2D eigenvalue weighted by Gasteiger charge is 2.18. The van der Waals surface area contributed by atoms with Crippen molar-refractivity contribution >= 4 is 27.7 Å². The Bertz CT molecular complexity index is 381. The van der Waals surface area contributed by atoms with Crippen molar-refractivity contribution in [1.29, 1.82) is 0 Å². The van der Waals surface area contributed by atoms with Gasteiger partial charge in [0, 0.05) is 19.3 Å². The Morgan fingerprint density at radius 3 is 2.71 bits per heavy atom. The Morgan fingerprint density at radius 2 is 2.18 bits per heavy atom. The molecule has 1 aromatic heterocycles. The van der Waals surface area contributed by atoms with E-state index in [9.17, 15) is 4.79 Å². The van der Waals surface area contributed by atoms with E-state index < -0.39 is 0 Å². The summed E-state index contributed by atoms with van der Waals surface area (Å²) >= 11 is 3.33. The zero-order chi connectivity index (χ0) is 12.8. The van der Waals surface area contributed by atoms with Gasteiger partial charge in [0.1, 0.15) is 18.2 Å². The summed E-state index contributed by atoms with van der Waals surface area (Å²) in [6.45, 7) is 7.19. The Kier molecular flexibility index (Phi) is 5.34. The van der Waals surface area contributed by atoms with Crippen LogP contribution in [0.1, 0.15) is 20.8 Å². The Hall–Kier alpha value is -1.17. The second-order valence-electron chi connectivity index (χ2n) is 3.60. The van der Waals surface area contributed by atoms with Crippen LogP contribution in [0.25, 0.3) is 0 Å². The molecule has 0 aliphatic rings. The smallest absolute Gasteiger partial charge is 0.244 e. The number of anilines is 1. The summed E-state index contributed by atoms with van der Waals surface area (Å²) in [6, 6.07) is -0.305. The molecule has 1 unspecified atom stereocenters. The summed E-state index contributed by atoms with van der Waals surface area (Å²) in [6.07, 6.45) is 3.09. The lowest BCUT2D eigenvalue weighted by molar-refractivity contribution is -0.131. The lowest BCUT2D eigenvalue weighted by atomic mass is 10.3. The van der Waals surface area contributed by atoms with Gasteiger partial charge < -0.3 is 10.2 Å². The number of hydrogen-bond acceptors (Lipinski definition) is 4. The number of carbonyl (C=O) groups excluding carboxylic acids is 1. The number of nitrogens with zero attached hydrogens (tertiary/aromatic N) is 3. The third-order valence-corrected chi connectivity index (χ3v) is 3.05. The lowest BCUT2D eigenvalue weighted by Gasteiger charge is -2.23. The standard InChI is InChI=1S/C11H17BrN4O/c1-4-16(5-2)11(17)8(3)15-10-9(12)6-13-7-14-10/h6-8H,4-5H2,1-3H3,(H,13,14,15). The number of hydrogen-bond donors (Lipinski definition) is 1.